The van der Waals surface area contributed by atoms with E-state index in [0.717, 1.165) is 61.9 Å². The highest BCUT2D eigenvalue weighted by Gasteiger charge is 2.23. The van der Waals surface area contributed by atoms with Crippen LogP contribution in [0.4, 0.5) is 5.69 Å². The Morgan fingerprint density at radius 1 is 0.893 bits per heavy atom. The van der Waals surface area contributed by atoms with Crippen molar-refractivity contribution in [3.8, 4) is 23.0 Å². The molecule has 1 fully saturated rings. The van der Waals surface area contributed by atoms with Gasteiger partial charge in [0.25, 0.3) is 0 Å². The zero-order chi connectivity index (χ0) is 18.8. The predicted molar refractivity (Wildman–Crippen MR) is 107 cm³/mol. The molecule has 0 aliphatic carbocycles. The van der Waals surface area contributed by atoms with E-state index in [1.165, 1.54) is 5.69 Å². The number of piperidine rings is 1. The minimum absolute atomic E-state index is 0.121. The molecule has 3 heterocycles. The summed E-state index contributed by atoms with van der Waals surface area (Å²) >= 11 is 0. The lowest BCUT2D eigenvalue weighted by Gasteiger charge is -2.34. The van der Waals surface area contributed by atoms with Crippen LogP contribution in [-0.4, -0.2) is 45.2 Å². The van der Waals surface area contributed by atoms with Gasteiger partial charge in [-0.1, -0.05) is 12.1 Å². The highest BCUT2D eigenvalue weighted by atomic mass is 16.7. The first-order chi connectivity index (χ1) is 13.8. The van der Waals surface area contributed by atoms with Gasteiger partial charge in [-0.15, -0.1) is 0 Å². The molecule has 1 saturated heterocycles. The van der Waals surface area contributed by atoms with Crippen molar-refractivity contribution in [2.45, 2.75) is 31.4 Å². The minimum Gasteiger partial charge on any atom is -0.486 e. The Hall–Kier alpha value is -2.60. The number of hydrogen-bond acceptors (Lipinski definition) is 6. The number of nitrogens with one attached hydrogen (secondary N) is 1. The highest BCUT2D eigenvalue weighted by molar-refractivity contribution is 5.57. The largest absolute Gasteiger partial charge is 0.486 e. The fourth-order valence-electron chi connectivity index (χ4n) is 4.08. The van der Waals surface area contributed by atoms with Crippen molar-refractivity contribution in [3.05, 3.63) is 42.5 Å². The minimum atomic E-state index is 0.121. The van der Waals surface area contributed by atoms with Gasteiger partial charge in [0.1, 0.15) is 12.7 Å². The van der Waals surface area contributed by atoms with Crippen LogP contribution >= 0.6 is 0 Å². The lowest BCUT2D eigenvalue weighted by atomic mass is 10.0. The summed E-state index contributed by atoms with van der Waals surface area (Å²) in [5.74, 6) is 3.41. The molecule has 0 spiro atoms. The molecule has 1 unspecified atom stereocenters. The Bertz CT molecular complexity index is 820. The zero-order valence-corrected chi connectivity index (χ0v) is 15.9. The molecule has 0 radical (unpaired) electrons. The van der Waals surface area contributed by atoms with Crippen LogP contribution in [0.15, 0.2) is 42.5 Å². The smallest absolute Gasteiger partial charge is 0.231 e. The maximum absolute atomic E-state index is 6.04. The molecule has 0 aromatic heterocycles. The maximum atomic E-state index is 6.04. The molecule has 0 bridgehead atoms. The number of para-hydroxylation sites is 2. The first kappa shape index (κ1) is 17.5. The van der Waals surface area contributed by atoms with Crippen molar-refractivity contribution in [2.75, 3.05) is 37.9 Å². The lowest BCUT2D eigenvalue weighted by Crippen LogP contribution is -2.43. The van der Waals surface area contributed by atoms with Crippen LogP contribution in [0, 0.1) is 0 Å². The number of benzene rings is 2. The summed E-state index contributed by atoms with van der Waals surface area (Å²) in [6.07, 6.45) is 3.35. The fraction of sp³-hybridized carbons (Fsp3) is 0.455. The second-order valence-corrected chi connectivity index (χ2v) is 7.54. The molecule has 3 aliphatic rings. The second-order valence-electron chi connectivity index (χ2n) is 7.54. The molecule has 0 amide bonds. The molecular weight excluding hydrogens is 356 g/mol. The van der Waals surface area contributed by atoms with E-state index in [0.29, 0.717) is 19.4 Å². The molecule has 1 N–H and O–H groups in total. The SMILES string of the molecule is c1ccc2c(c1)OCC(CCNC1CCN(c3ccc4c(c3)OCO4)CC1)O2. The Balaban J connectivity index is 1.06. The van der Waals surface area contributed by atoms with Crippen molar-refractivity contribution < 1.29 is 18.9 Å². The van der Waals surface area contributed by atoms with Crippen LogP contribution in [0.1, 0.15) is 19.3 Å². The summed E-state index contributed by atoms with van der Waals surface area (Å²) in [6.45, 7) is 4.00. The van der Waals surface area contributed by atoms with Gasteiger partial charge in [-0.05, 0) is 43.7 Å². The third-order valence-corrected chi connectivity index (χ3v) is 5.68. The topological polar surface area (TPSA) is 52.2 Å². The highest BCUT2D eigenvalue weighted by Crippen LogP contribution is 2.36. The molecule has 2 aromatic rings. The zero-order valence-electron chi connectivity index (χ0n) is 15.9. The quantitative estimate of drug-likeness (QED) is 0.857. The van der Waals surface area contributed by atoms with Gasteiger partial charge >= 0.3 is 0 Å². The molecule has 1 atom stereocenters. The molecule has 148 valence electrons. The summed E-state index contributed by atoms with van der Waals surface area (Å²) in [7, 11) is 0. The number of rotatable bonds is 5. The summed E-state index contributed by atoms with van der Waals surface area (Å²) in [5, 5.41) is 3.70. The van der Waals surface area contributed by atoms with Gasteiger partial charge in [0.15, 0.2) is 23.0 Å². The molecular formula is C22H26N2O4. The van der Waals surface area contributed by atoms with Crippen molar-refractivity contribution in [1.82, 2.24) is 5.32 Å². The fourth-order valence-corrected chi connectivity index (χ4v) is 4.08. The van der Waals surface area contributed by atoms with E-state index < -0.39 is 0 Å². The Kier molecular flexibility index (Phi) is 4.87. The number of hydrogen-bond donors (Lipinski definition) is 1. The van der Waals surface area contributed by atoms with E-state index in [4.69, 9.17) is 18.9 Å². The molecule has 0 saturated carbocycles. The Morgan fingerprint density at radius 3 is 2.57 bits per heavy atom. The third-order valence-electron chi connectivity index (χ3n) is 5.68. The van der Waals surface area contributed by atoms with Crippen LogP contribution in [0.2, 0.25) is 0 Å². The van der Waals surface area contributed by atoms with Gasteiger partial charge in [0.05, 0.1) is 0 Å². The van der Waals surface area contributed by atoms with Crippen molar-refractivity contribution >= 4 is 5.69 Å². The summed E-state index contributed by atoms with van der Waals surface area (Å²) in [6, 6.07) is 14.7. The van der Waals surface area contributed by atoms with Crippen LogP contribution in [0.3, 0.4) is 0 Å². The van der Waals surface area contributed by atoms with E-state index in [9.17, 15) is 0 Å². The Labute approximate surface area is 165 Å². The van der Waals surface area contributed by atoms with Gasteiger partial charge in [-0.25, -0.2) is 0 Å². The Morgan fingerprint density at radius 2 is 1.68 bits per heavy atom. The molecule has 28 heavy (non-hydrogen) atoms. The maximum Gasteiger partial charge on any atom is 0.231 e. The summed E-state index contributed by atoms with van der Waals surface area (Å²) in [5.41, 5.74) is 1.22. The van der Waals surface area contributed by atoms with E-state index in [-0.39, 0.29) is 6.10 Å². The van der Waals surface area contributed by atoms with Gasteiger partial charge in [0.2, 0.25) is 6.79 Å². The monoisotopic (exact) mass is 382 g/mol. The lowest BCUT2D eigenvalue weighted by molar-refractivity contribution is 0.0841. The van der Waals surface area contributed by atoms with Crippen LogP contribution < -0.4 is 29.2 Å². The molecule has 6 nitrogen and oxygen atoms in total. The predicted octanol–water partition coefficient (Wildman–Crippen LogP) is 3.20. The van der Waals surface area contributed by atoms with Crippen molar-refractivity contribution in [1.29, 1.82) is 0 Å². The first-order valence-corrected chi connectivity index (χ1v) is 10.1. The van der Waals surface area contributed by atoms with Crippen LogP contribution in [0.25, 0.3) is 0 Å². The number of anilines is 1. The molecule has 3 aliphatic heterocycles. The molecule has 5 rings (SSSR count). The van der Waals surface area contributed by atoms with Crippen molar-refractivity contribution in [3.63, 3.8) is 0 Å². The third kappa shape index (κ3) is 3.69. The van der Waals surface area contributed by atoms with E-state index in [2.05, 4.69) is 22.3 Å². The van der Waals surface area contributed by atoms with Gasteiger partial charge < -0.3 is 29.2 Å². The van der Waals surface area contributed by atoms with Gasteiger partial charge in [-0.2, -0.15) is 0 Å². The number of fused-ring (bicyclic) bond motifs is 2. The number of ether oxygens (including phenoxy) is 4. The van der Waals surface area contributed by atoms with E-state index in [1.807, 2.05) is 30.3 Å². The average Bonchev–Trinajstić information content (AvgIpc) is 3.22. The molecule has 6 heteroatoms. The van der Waals surface area contributed by atoms with E-state index in [1.54, 1.807) is 0 Å². The van der Waals surface area contributed by atoms with Gasteiger partial charge in [-0.3, -0.25) is 0 Å². The number of nitrogens with zero attached hydrogens (tertiary/aromatic N) is 1. The standard InChI is InChI=1S/C22H26N2O4/c1-2-4-21-19(3-1)25-14-18(28-21)7-10-23-16-8-11-24(12-9-16)17-5-6-20-22(13-17)27-15-26-20/h1-6,13,16,18,23H,7-12,14-15H2. The van der Waals surface area contributed by atoms with Crippen LogP contribution in [-0.2, 0) is 0 Å². The first-order valence-electron chi connectivity index (χ1n) is 10.1. The molecule has 2 aromatic carbocycles. The van der Waals surface area contributed by atoms with E-state index >= 15 is 0 Å². The van der Waals surface area contributed by atoms with Crippen molar-refractivity contribution in [2.24, 2.45) is 0 Å². The van der Waals surface area contributed by atoms with Gasteiger partial charge in [0, 0.05) is 37.3 Å². The van der Waals surface area contributed by atoms with Crippen LogP contribution in [0.5, 0.6) is 23.0 Å². The second kappa shape index (κ2) is 7.80. The summed E-state index contributed by atoms with van der Waals surface area (Å²) in [4.78, 5) is 2.43. The normalized spacial score (nSPS) is 21.0. The average molecular weight is 382 g/mol. The summed E-state index contributed by atoms with van der Waals surface area (Å²) < 4.78 is 22.7.